The molecule has 0 atom stereocenters. The summed E-state index contributed by atoms with van der Waals surface area (Å²) in [5.41, 5.74) is 1.34. The van der Waals surface area contributed by atoms with Gasteiger partial charge < -0.3 is 4.74 Å². The Labute approximate surface area is 96.4 Å². The quantitative estimate of drug-likeness (QED) is 0.699. The Morgan fingerprint density at radius 3 is 2.56 bits per heavy atom. The number of methoxy groups -OCH3 is 1. The van der Waals surface area contributed by atoms with Crippen molar-refractivity contribution < 1.29 is 4.74 Å². The lowest BCUT2D eigenvalue weighted by Gasteiger charge is -2.04. The number of hydrogen-bond donors (Lipinski definition) is 0. The normalized spacial score (nSPS) is 11.1. The highest BCUT2D eigenvalue weighted by Gasteiger charge is 1.97. The van der Waals surface area contributed by atoms with Crippen molar-refractivity contribution >= 4 is 10.8 Å². The lowest BCUT2D eigenvalue weighted by Crippen LogP contribution is -1.84. The molecule has 0 saturated carbocycles. The van der Waals surface area contributed by atoms with Crippen LogP contribution >= 0.6 is 0 Å². The van der Waals surface area contributed by atoms with Crippen LogP contribution in [0, 0.1) is 0 Å². The van der Waals surface area contributed by atoms with Crippen LogP contribution in [0.25, 0.3) is 10.8 Å². The summed E-state index contributed by atoms with van der Waals surface area (Å²) in [6.45, 7) is 2.05. The molecule has 2 aromatic rings. The van der Waals surface area contributed by atoms with Crippen molar-refractivity contribution in [3.05, 3.63) is 54.1 Å². The Morgan fingerprint density at radius 1 is 1.06 bits per heavy atom. The van der Waals surface area contributed by atoms with Crippen LogP contribution in [-0.4, -0.2) is 7.11 Å². The maximum absolute atomic E-state index is 5.21. The van der Waals surface area contributed by atoms with Gasteiger partial charge in [0.15, 0.2) is 0 Å². The number of allylic oxidation sites excluding steroid dienone is 2. The number of fused-ring (bicyclic) bond motifs is 1. The van der Waals surface area contributed by atoms with E-state index in [9.17, 15) is 0 Å². The van der Waals surface area contributed by atoms with E-state index in [1.165, 1.54) is 16.3 Å². The summed E-state index contributed by atoms with van der Waals surface area (Å²) in [7, 11) is 1.70. The van der Waals surface area contributed by atoms with Crippen molar-refractivity contribution in [2.75, 3.05) is 7.11 Å². The molecule has 0 fully saturated rings. The van der Waals surface area contributed by atoms with Gasteiger partial charge in [-0.05, 0) is 41.8 Å². The molecule has 1 nitrogen and oxygen atoms in total. The van der Waals surface area contributed by atoms with E-state index in [0.717, 1.165) is 12.2 Å². The molecule has 0 N–H and O–H groups in total. The molecule has 0 bridgehead atoms. The molecule has 0 aromatic heterocycles. The summed E-state index contributed by atoms with van der Waals surface area (Å²) in [5.74, 6) is 0.911. The molecule has 0 aliphatic carbocycles. The van der Waals surface area contributed by atoms with Crippen LogP contribution in [0.4, 0.5) is 0 Å². The smallest absolute Gasteiger partial charge is 0.119 e. The molecular formula is C15H16O. The summed E-state index contributed by atoms with van der Waals surface area (Å²) in [6, 6.07) is 12.7. The predicted octanol–water partition coefficient (Wildman–Crippen LogP) is 3.97. The molecule has 82 valence electrons. The first-order valence-corrected chi connectivity index (χ1v) is 5.51. The van der Waals surface area contributed by atoms with Gasteiger partial charge in [-0.15, -0.1) is 0 Å². The fourth-order valence-corrected chi connectivity index (χ4v) is 1.78. The minimum absolute atomic E-state index is 0.911. The van der Waals surface area contributed by atoms with Gasteiger partial charge in [-0.1, -0.05) is 36.4 Å². The van der Waals surface area contributed by atoms with E-state index in [0.29, 0.717) is 0 Å². The second kappa shape index (κ2) is 4.84. The first-order valence-electron chi connectivity index (χ1n) is 5.51. The number of benzene rings is 2. The third kappa shape index (κ3) is 2.25. The second-order valence-electron chi connectivity index (χ2n) is 3.82. The topological polar surface area (TPSA) is 9.23 Å². The lowest BCUT2D eigenvalue weighted by molar-refractivity contribution is 0.415. The van der Waals surface area contributed by atoms with Gasteiger partial charge in [0.2, 0.25) is 0 Å². The zero-order valence-corrected chi connectivity index (χ0v) is 9.73. The minimum Gasteiger partial charge on any atom is -0.497 e. The van der Waals surface area contributed by atoms with Crippen molar-refractivity contribution in [1.82, 2.24) is 0 Å². The van der Waals surface area contributed by atoms with Crippen molar-refractivity contribution in [3.63, 3.8) is 0 Å². The zero-order chi connectivity index (χ0) is 11.4. The van der Waals surface area contributed by atoms with Crippen LogP contribution in [0.15, 0.2) is 48.6 Å². The summed E-state index contributed by atoms with van der Waals surface area (Å²) >= 11 is 0. The van der Waals surface area contributed by atoms with Gasteiger partial charge in [0.25, 0.3) is 0 Å². The molecule has 0 unspecified atom stereocenters. The number of ether oxygens (including phenoxy) is 1. The molecular weight excluding hydrogens is 196 g/mol. The monoisotopic (exact) mass is 212 g/mol. The standard InChI is InChI=1S/C15H16O/c1-3-4-5-12-6-7-14-11-15(16-2)9-8-13(14)10-12/h3-4,6-11H,5H2,1-2H3/b4-3+. The van der Waals surface area contributed by atoms with E-state index in [2.05, 4.69) is 42.5 Å². The minimum atomic E-state index is 0.911. The highest BCUT2D eigenvalue weighted by molar-refractivity contribution is 5.84. The number of hydrogen-bond acceptors (Lipinski definition) is 1. The first-order chi connectivity index (χ1) is 7.83. The molecule has 0 saturated heterocycles. The molecule has 16 heavy (non-hydrogen) atoms. The maximum Gasteiger partial charge on any atom is 0.119 e. The van der Waals surface area contributed by atoms with Crippen molar-refractivity contribution in [1.29, 1.82) is 0 Å². The van der Waals surface area contributed by atoms with Gasteiger partial charge >= 0.3 is 0 Å². The van der Waals surface area contributed by atoms with Crippen LogP contribution in [0.3, 0.4) is 0 Å². The Morgan fingerprint density at radius 2 is 1.81 bits per heavy atom. The molecule has 0 spiro atoms. The van der Waals surface area contributed by atoms with Crippen LogP contribution < -0.4 is 4.74 Å². The van der Waals surface area contributed by atoms with Crippen molar-refractivity contribution in [2.24, 2.45) is 0 Å². The zero-order valence-electron chi connectivity index (χ0n) is 9.73. The van der Waals surface area contributed by atoms with Gasteiger partial charge in [0.05, 0.1) is 7.11 Å². The first kappa shape index (κ1) is 10.7. The van der Waals surface area contributed by atoms with Crippen LogP contribution in [-0.2, 0) is 6.42 Å². The van der Waals surface area contributed by atoms with Gasteiger partial charge in [-0.3, -0.25) is 0 Å². The average molecular weight is 212 g/mol. The van der Waals surface area contributed by atoms with E-state index in [1.54, 1.807) is 7.11 Å². The van der Waals surface area contributed by atoms with E-state index in [4.69, 9.17) is 4.74 Å². The van der Waals surface area contributed by atoms with E-state index in [1.807, 2.05) is 13.0 Å². The Bertz CT molecular complexity index is 512. The van der Waals surface area contributed by atoms with Crippen LogP contribution in [0.1, 0.15) is 12.5 Å². The third-order valence-corrected chi connectivity index (χ3v) is 2.70. The summed E-state index contributed by atoms with van der Waals surface area (Å²) < 4.78 is 5.21. The lowest BCUT2D eigenvalue weighted by atomic mass is 10.0. The second-order valence-corrected chi connectivity index (χ2v) is 3.82. The average Bonchev–Trinajstić information content (AvgIpc) is 2.35. The Kier molecular flexibility index (Phi) is 3.25. The molecule has 2 aromatic carbocycles. The molecule has 0 aliphatic rings. The molecule has 0 heterocycles. The Balaban J connectivity index is 2.39. The van der Waals surface area contributed by atoms with Gasteiger partial charge in [0.1, 0.15) is 5.75 Å². The fraction of sp³-hybridized carbons (Fsp3) is 0.200. The Hall–Kier alpha value is -1.76. The van der Waals surface area contributed by atoms with Crippen LogP contribution in [0.5, 0.6) is 5.75 Å². The fourth-order valence-electron chi connectivity index (χ4n) is 1.78. The molecule has 0 aliphatic heterocycles. The summed E-state index contributed by atoms with van der Waals surface area (Å²) in [6.07, 6.45) is 5.25. The van der Waals surface area contributed by atoms with Gasteiger partial charge in [0, 0.05) is 0 Å². The van der Waals surface area contributed by atoms with E-state index >= 15 is 0 Å². The molecule has 0 radical (unpaired) electrons. The molecule has 2 rings (SSSR count). The highest BCUT2D eigenvalue weighted by atomic mass is 16.5. The predicted molar refractivity (Wildman–Crippen MR) is 69.0 cm³/mol. The molecule has 0 amide bonds. The van der Waals surface area contributed by atoms with Crippen LogP contribution in [0.2, 0.25) is 0 Å². The van der Waals surface area contributed by atoms with Crippen molar-refractivity contribution in [3.8, 4) is 5.75 Å². The number of rotatable bonds is 3. The van der Waals surface area contributed by atoms with E-state index < -0.39 is 0 Å². The SMILES string of the molecule is C/C=C/Cc1ccc2cc(OC)ccc2c1. The van der Waals surface area contributed by atoms with Crippen molar-refractivity contribution in [2.45, 2.75) is 13.3 Å². The van der Waals surface area contributed by atoms with Gasteiger partial charge in [-0.25, -0.2) is 0 Å². The molecule has 1 heteroatoms. The summed E-state index contributed by atoms with van der Waals surface area (Å²) in [4.78, 5) is 0. The maximum atomic E-state index is 5.21. The highest BCUT2D eigenvalue weighted by Crippen LogP contribution is 2.22. The third-order valence-electron chi connectivity index (χ3n) is 2.70. The van der Waals surface area contributed by atoms with E-state index in [-0.39, 0.29) is 0 Å². The van der Waals surface area contributed by atoms with Gasteiger partial charge in [-0.2, -0.15) is 0 Å². The largest absolute Gasteiger partial charge is 0.497 e. The summed E-state index contributed by atoms with van der Waals surface area (Å²) in [5, 5.41) is 2.49.